The number of nitrogens with zero attached hydrogens (tertiary/aromatic N) is 4. The zero-order chi connectivity index (χ0) is 31.7. The maximum Gasteiger partial charge on any atom is 0.322 e. The highest BCUT2D eigenvalue weighted by Gasteiger charge is 2.35. The summed E-state index contributed by atoms with van der Waals surface area (Å²) in [6, 6.07) is 5.50. The number of rotatable bonds is 7. The summed E-state index contributed by atoms with van der Waals surface area (Å²) < 4.78 is 47.5. The summed E-state index contributed by atoms with van der Waals surface area (Å²) in [5, 5.41) is 14.5. The van der Waals surface area contributed by atoms with Crippen LogP contribution in [0.2, 0.25) is 0 Å². The second-order valence-corrected chi connectivity index (χ2v) is 11.7. The number of terminal acetylenes is 1. The van der Waals surface area contributed by atoms with Gasteiger partial charge < -0.3 is 29.5 Å². The number of aromatic hydroxyl groups is 1. The number of benzene rings is 2. The van der Waals surface area contributed by atoms with E-state index in [1.165, 1.54) is 24.3 Å². The molecule has 3 aromatic rings. The van der Waals surface area contributed by atoms with Crippen LogP contribution in [0.5, 0.6) is 23.4 Å². The highest BCUT2D eigenvalue weighted by Crippen LogP contribution is 2.44. The van der Waals surface area contributed by atoms with Crippen molar-refractivity contribution in [2.24, 2.45) is 0 Å². The van der Waals surface area contributed by atoms with Crippen LogP contribution in [0.25, 0.3) is 10.8 Å². The number of phenols is 1. The first-order valence-corrected chi connectivity index (χ1v) is 15.0. The van der Waals surface area contributed by atoms with Crippen molar-refractivity contribution in [3.63, 3.8) is 0 Å². The lowest BCUT2D eigenvalue weighted by Gasteiger charge is -2.32. The zero-order valence-corrected chi connectivity index (χ0v) is 25.0. The number of likely N-dealkylation sites (tertiary alicyclic amines) is 1. The highest BCUT2D eigenvalue weighted by atomic mass is 19.1. The molecule has 0 saturated carbocycles. The third-order valence-corrected chi connectivity index (χ3v) is 8.55. The molecule has 1 amide bonds. The Morgan fingerprint density at radius 3 is 2.91 bits per heavy atom. The Morgan fingerprint density at radius 2 is 2.16 bits per heavy atom. The number of fused-ring (bicyclic) bond motifs is 2. The van der Waals surface area contributed by atoms with Gasteiger partial charge >= 0.3 is 6.01 Å². The van der Waals surface area contributed by atoms with Gasteiger partial charge in [-0.15, -0.1) is 6.42 Å². The number of carbonyl (C=O) groups excluding carboxylic acids is 1. The van der Waals surface area contributed by atoms with Gasteiger partial charge in [0, 0.05) is 42.7 Å². The molecule has 1 aromatic heterocycles. The number of ether oxygens (including phenoxy) is 3. The molecule has 2 fully saturated rings. The summed E-state index contributed by atoms with van der Waals surface area (Å²) in [4.78, 5) is 25.3. The Morgan fingerprint density at radius 1 is 1.31 bits per heavy atom. The molecule has 0 aliphatic carbocycles. The molecule has 45 heavy (non-hydrogen) atoms. The molecule has 2 aromatic carbocycles. The number of nitrogens with one attached hydrogen (secondary N) is 1. The first-order chi connectivity index (χ1) is 21.7. The normalized spacial score (nSPS) is 23.3. The van der Waals surface area contributed by atoms with E-state index in [4.69, 9.17) is 25.6 Å². The molecule has 3 aliphatic heterocycles. The SMILES string of the molecule is C#Cc1c(F)ccc2cc(O)cc(C3COc4c(nc(OC[C@@H]5C[C@@H](F)CN5C)nc4N4CCCCC(NC(=O)C=C)C4)O3)c12. The molecule has 12 heteroatoms. The van der Waals surface area contributed by atoms with Crippen LogP contribution in [-0.4, -0.2) is 84.0 Å². The summed E-state index contributed by atoms with van der Waals surface area (Å²) in [5.74, 6) is 2.38. The Kier molecular flexibility index (Phi) is 8.63. The van der Waals surface area contributed by atoms with E-state index >= 15 is 0 Å². The van der Waals surface area contributed by atoms with Gasteiger partial charge in [0.25, 0.3) is 5.88 Å². The van der Waals surface area contributed by atoms with E-state index in [1.807, 2.05) is 16.8 Å². The maximum absolute atomic E-state index is 14.8. The van der Waals surface area contributed by atoms with Crippen LogP contribution in [-0.2, 0) is 4.79 Å². The van der Waals surface area contributed by atoms with Gasteiger partial charge in [0.2, 0.25) is 11.7 Å². The predicted molar refractivity (Wildman–Crippen MR) is 164 cm³/mol. The molecule has 0 bridgehead atoms. The topological polar surface area (TPSA) is 109 Å². The van der Waals surface area contributed by atoms with Gasteiger partial charge in [-0.1, -0.05) is 18.6 Å². The van der Waals surface area contributed by atoms with Crippen LogP contribution >= 0.6 is 0 Å². The lowest BCUT2D eigenvalue weighted by Crippen LogP contribution is -2.42. The number of alkyl halides is 1. The summed E-state index contributed by atoms with van der Waals surface area (Å²) in [5.41, 5.74) is 0.489. The van der Waals surface area contributed by atoms with Crippen molar-refractivity contribution in [2.45, 2.75) is 50.0 Å². The molecule has 2 saturated heterocycles. The van der Waals surface area contributed by atoms with Crippen molar-refractivity contribution >= 4 is 22.5 Å². The fraction of sp³-hybridized carbons (Fsp3) is 0.424. The summed E-state index contributed by atoms with van der Waals surface area (Å²) >= 11 is 0. The smallest absolute Gasteiger partial charge is 0.322 e. The van der Waals surface area contributed by atoms with Gasteiger partial charge in [-0.25, -0.2) is 8.78 Å². The minimum Gasteiger partial charge on any atom is -0.508 e. The Labute approximate surface area is 260 Å². The van der Waals surface area contributed by atoms with Crippen molar-refractivity contribution in [2.75, 3.05) is 44.8 Å². The molecule has 236 valence electrons. The third-order valence-electron chi connectivity index (χ3n) is 8.55. The van der Waals surface area contributed by atoms with Gasteiger partial charge in [-0.2, -0.15) is 9.97 Å². The summed E-state index contributed by atoms with van der Waals surface area (Å²) in [7, 11) is 1.84. The van der Waals surface area contributed by atoms with Crippen LogP contribution in [0.3, 0.4) is 0 Å². The number of anilines is 1. The van der Waals surface area contributed by atoms with E-state index in [2.05, 4.69) is 22.8 Å². The molecule has 6 rings (SSSR count). The molecule has 4 heterocycles. The van der Waals surface area contributed by atoms with Crippen molar-refractivity contribution in [3.8, 4) is 35.7 Å². The van der Waals surface area contributed by atoms with Gasteiger partial charge in [-0.3, -0.25) is 9.69 Å². The fourth-order valence-corrected chi connectivity index (χ4v) is 6.31. The molecular formula is C33H35F2N5O5. The van der Waals surface area contributed by atoms with Gasteiger partial charge in [0.1, 0.15) is 31.0 Å². The van der Waals surface area contributed by atoms with Gasteiger partial charge in [0.15, 0.2) is 11.9 Å². The average Bonchev–Trinajstić information content (AvgIpc) is 3.19. The number of hydrogen-bond acceptors (Lipinski definition) is 9. The van der Waals surface area contributed by atoms with E-state index in [9.17, 15) is 18.7 Å². The number of likely N-dealkylation sites (N-methyl/N-ethyl adjacent to an activating group) is 1. The van der Waals surface area contributed by atoms with Gasteiger partial charge in [-0.05, 0) is 62.4 Å². The van der Waals surface area contributed by atoms with E-state index in [1.54, 1.807) is 6.07 Å². The van der Waals surface area contributed by atoms with Crippen molar-refractivity contribution in [1.29, 1.82) is 0 Å². The molecule has 0 spiro atoms. The maximum atomic E-state index is 14.8. The van der Waals surface area contributed by atoms with Crippen molar-refractivity contribution < 1.29 is 32.9 Å². The number of carbonyl (C=O) groups is 1. The third kappa shape index (κ3) is 6.31. The molecule has 10 nitrogen and oxygen atoms in total. The predicted octanol–water partition coefficient (Wildman–Crippen LogP) is 4.05. The van der Waals surface area contributed by atoms with Crippen LogP contribution < -0.4 is 24.4 Å². The van der Waals surface area contributed by atoms with Crippen LogP contribution in [0.1, 0.15) is 42.9 Å². The van der Waals surface area contributed by atoms with E-state index in [0.717, 1.165) is 19.3 Å². The second-order valence-electron chi connectivity index (χ2n) is 11.7. The Bertz CT molecular complexity index is 1660. The minimum absolute atomic E-state index is 0.00212. The molecule has 0 radical (unpaired) electrons. The van der Waals surface area contributed by atoms with Crippen LogP contribution in [0.4, 0.5) is 14.6 Å². The second kappa shape index (κ2) is 12.8. The molecule has 4 atom stereocenters. The highest BCUT2D eigenvalue weighted by molar-refractivity contribution is 5.93. The minimum atomic E-state index is -0.934. The van der Waals surface area contributed by atoms with E-state index in [0.29, 0.717) is 54.0 Å². The summed E-state index contributed by atoms with van der Waals surface area (Å²) in [6.07, 6.45) is 8.05. The molecule has 3 aliphatic rings. The first-order valence-electron chi connectivity index (χ1n) is 15.0. The van der Waals surface area contributed by atoms with Gasteiger partial charge in [0.05, 0.1) is 5.56 Å². The average molecular weight is 620 g/mol. The van der Waals surface area contributed by atoms with Crippen LogP contribution in [0.15, 0.2) is 36.9 Å². The quantitative estimate of drug-likeness (QED) is 0.299. The fourth-order valence-electron chi connectivity index (χ4n) is 6.31. The number of aromatic nitrogens is 2. The molecule has 2 unspecified atom stereocenters. The number of amides is 1. The number of phenolic OH excluding ortho intramolecular Hbond substituents is 1. The monoisotopic (exact) mass is 619 g/mol. The standard InChI is InChI=1S/C33H35F2N5O5/c1-4-24-26(35)10-9-19-12-23(41)14-25(29(19)24)27-18-43-30-31(40-11-7-6-8-21(16-40)36-28(42)5-2)37-33(38-32(30)45-27)44-17-22-13-20(34)15-39(22)3/h1,5,9-10,12,14,20-22,27,41H,2,6-8,11,13,15-18H2,3H3,(H,36,42)/t20-,21?,22+,27?/m1/s1. The van der Waals surface area contributed by atoms with Crippen LogP contribution in [0, 0.1) is 18.2 Å². The number of halogens is 2. The van der Waals surface area contributed by atoms with E-state index < -0.39 is 18.1 Å². The lowest BCUT2D eigenvalue weighted by atomic mass is 9.95. The summed E-state index contributed by atoms with van der Waals surface area (Å²) in [6.45, 7) is 5.13. The first kappa shape index (κ1) is 30.4. The van der Waals surface area contributed by atoms with Crippen molar-refractivity contribution in [3.05, 3.63) is 53.9 Å². The largest absolute Gasteiger partial charge is 0.508 e. The zero-order valence-electron chi connectivity index (χ0n) is 25.0. The number of hydrogen-bond donors (Lipinski definition) is 2. The van der Waals surface area contributed by atoms with Crippen molar-refractivity contribution in [1.82, 2.24) is 20.2 Å². The Hall–Kier alpha value is -4.63. The lowest BCUT2D eigenvalue weighted by molar-refractivity contribution is -0.117. The Balaban J connectivity index is 1.37. The molecule has 2 N–H and O–H groups in total. The van der Waals surface area contributed by atoms with E-state index in [-0.39, 0.29) is 54.4 Å². The molecular weight excluding hydrogens is 584 g/mol.